The molecule has 6 aromatic rings. The topological polar surface area (TPSA) is 172 Å². The maximum Gasteiger partial charge on any atom is 0.333 e. The van der Waals surface area contributed by atoms with Gasteiger partial charge in [-0.3, -0.25) is 9.59 Å². The number of ether oxygens (including phenoxy) is 3. The Morgan fingerprint density at radius 2 is 1.61 bits per heavy atom. The minimum atomic E-state index is -3.89. The van der Waals surface area contributed by atoms with Crippen LogP contribution < -0.4 is 19.5 Å². The molecule has 6 aromatic carbocycles. The average Bonchev–Trinajstić information content (AvgIpc) is 3.30. The summed E-state index contributed by atoms with van der Waals surface area (Å²) >= 11 is 12.2. The van der Waals surface area contributed by atoms with Crippen LogP contribution in [0, 0.1) is 11.3 Å². The van der Waals surface area contributed by atoms with E-state index in [9.17, 15) is 33.2 Å². The highest BCUT2D eigenvalue weighted by molar-refractivity contribution is 7.90. The maximum atomic E-state index is 14.6. The summed E-state index contributed by atoms with van der Waals surface area (Å²) < 4.78 is 44.4. The molecular formula is C49H39Cl2N3O9S. The Morgan fingerprint density at radius 1 is 0.891 bits per heavy atom. The van der Waals surface area contributed by atoms with E-state index < -0.39 is 45.3 Å². The highest BCUT2D eigenvalue weighted by atomic mass is 35.5. The number of carbonyl (C=O) groups is 3. The van der Waals surface area contributed by atoms with Crippen LogP contribution in [0.3, 0.4) is 0 Å². The van der Waals surface area contributed by atoms with Crippen molar-refractivity contribution in [2.24, 2.45) is 0 Å². The number of carbonyl (C=O) groups excluding carboxylic acids is 2. The Morgan fingerprint density at radius 3 is 2.31 bits per heavy atom. The molecule has 0 aliphatic carbocycles. The molecule has 0 bridgehead atoms. The lowest BCUT2D eigenvalue weighted by atomic mass is 9.86. The van der Waals surface area contributed by atoms with E-state index in [0.717, 1.165) is 22.9 Å². The normalized spacial score (nSPS) is 16.4. The molecule has 0 saturated heterocycles. The summed E-state index contributed by atoms with van der Waals surface area (Å²) in [5.74, 6) is -1.54. The van der Waals surface area contributed by atoms with Gasteiger partial charge in [-0.1, -0.05) is 96.0 Å². The summed E-state index contributed by atoms with van der Waals surface area (Å²) in [6.45, 7) is 1.59. The van der Waals surface area contributed by atoms with E-state index in [0.29, 0.717) is 44.0 Å². The number of rotatable bonds is 11. The van der Waals surface area contributed by atoms with Gasteiger partial charge in [0.15, 0.2) is 33.0 Å². The van der Waals surface area contributed by atoms with Crippen molar-refractivity contribution >= 4 is 50.8 Å². The predicted molar refractivity (Wildman–Crippen MR) is 239 cm³/mol. The molecule has 0 aromatic heterocycles. The number of amides is 2. The fourth-order valence-electron chi connectivity index (χ4n) is 7.86. The van der Waals surface area contributed by atoms with Crippen LogP contribution in [0.2, 0.25) is 10.0 Å². The first kappa shape index (κ1) is 43.8. The summed E-state index contributed by atoms with van der Waals surface area (Å²) in [4.78, 5) is 43.3. The quantitative estimate of drug-likeness (QED) is 0.128. The number of hydrogen-bond acceptors (Lipinski definition) is 9. The van der Waals surface area contributed by atoms with E-state index in [1.54, 1.807) is 30.3 Å². The van der Waals surface area contributed by atoms with Gasteiger partial charge in [-0.05, 0) is 100 Å². The largest absolute Gasteiger partial charge is 0.489 e. The van der Waals surface area contributed by atoms with Crippen molar-refractivity contribution in [3.63, 3.8) is 0 Å². The second-order valence-electron chi connectivity index (χ2n) is 15.7. The number of hydrogen-bond donors (Lipinski definition) is 2. The molecule has 2 heterocycles. The van der Waals surface area contributed by atoms with E-state index >= 15 is 0 Å². The summed E-state index contributed by atoms with van der Waals surface area (Å²) in [7, 11) is -3.89. The Bertz CT molecular complexity index is 2980. The third-order valence-corrected chi connectivity index (χ3v) is 13.3. The van der Waals surface area contributed by atoms with Gasteiger partial charge in [-0.15, -0.1) is 0 Å². The smallest absolute Gasteiger partial charge is 0.333 e. The molecule has 8 rings (SSSR count). The van der Waals surface area contributed by atoms with Gasteiger partial charge < -0.3 is 29.5 Å². The van der Waals surface area contributed by atoms with Crippen LogP contribution in [0.4, 0.5) is 0 Å². The fourth-order valence-corrected chi connectivity index (χ4v) is 9.06. The van der Waals surface area contributed by atoms with Crippen molar-refractivity contribution in [1.82, 2.24) is 10.2 Å². The van der Waals surface area contributed by atoms with E-state index in [1.807, 2.05) is 60.7 Å². The standard InChI is InChI=1S/C49H39Cl2N3O9S/c1-49(48(57)58,35-15-18-37(33(21-35)25-52)30-8-4-3-5-9-30)53-46(55)41-22-32-23-42-43(24-34(32)26-54(41)47(56)38-10-6-7-11-45(38)64(2,59)60)63-44(28-62-42)31-13-16-36(17-14-31)61-27-29-12-19-39(50)40(51)20-29/h3-21,23-24,41,44H,22,26-28H2,1-2H3,(H,53,55)(H,57,58)/t41-,44?,49?/m0/s1. The van der Waals surface area contributed by atoms with Crippen LogP contribution in [-0.2, 0) is 44.5 Å². The van der Waals surface area contributed by atoms with Gasteiger partial charge in [0.1, 0.15) is 25.0 Å². The second-order valence-corrected chi connectivity index (χ2v) is 18.5. The number of halogens is 2. The minimum absolute atomic E-state index is 0.0796. The van der Waals surface area contributed by atoms with Gasteiger partial charge in [0.2, 0.25) is 5.91 Å². The average molecular weight is 917 g/mol. The molecular weight excluding hydrogens is 878 g/mol. The number of benzene rings is 6. The SMILES string of the molecule is CC(NC(=O)[C@@H]1Cc2cc3c(cc2CN1C(=O)c1ccccc1S(C)(=O)=O)OC(c1ccc(OCc2ccc(Cl)c(Cl)c2)cc1)CO3)(C(=O)O)c1ccc(-c2ccccc2)c(C#N)c1. The molecule has 2 unspecified atom stereocenters. The van der Waals surface area contributed by atoms with Crippen LogP contribution in [0.25, 0.3) is 11.1 Å². The molecule has 0 spiro atoms. The fraction of sp³-hybridized carbons (Fsp3) is 0.184. The second kappa shape index (κ2) is 17.7. The molecule has 3 atom stereocenters. The Balaban J connectivity index is 1.08. The van der Waals surface area contributed by atoms with Gasteiger partial charge in [-0.25, -0.2) is 13.2 Å². The third kappa shape index (κ3) is 8.85. The number of aliphatic carboxylic acids is 1. The lowest BCUT2D eigenvalue weighted by molar-refractivity contribution is -0.148. The van der Waals surface area contributed by atoms with Crippen molar-refractivity contribution in [3.8, 4) is 34.4 Å². The van der Waals surface area contributed by atoms with Crippen LogP contribution in [0.1, 0.15) is 56.8 Å². The van der Waals surface area contributed by atoms with Crippen LogP contribution in [0.15, 0.2) is 132 Å². The number of nitrogens with zero attached hydrogens (tertiary/aromatic N) is 2. The van der Waals surface area contributed by atoms with Crippen LogP contribution in [-0.4, -0.2) is 55.1 Å². The molecule has 0 fully saturated rings. The lowest BCUT2D eigenvalue weighted by Crippen LogP contribution is -2.58. The zero-order valence-corrected chi connectivity index (χ0v) is 36.7. The van der Waals surface area contributed by atoms with Crippen LogP contribution in [0.5, 0.6) is 17.2 Å². The van der Waals surface area contributed by atoms with Crippen molar-refractivity contribution < 1.29 is 42.1 Å². The molecule has 64 heavy (non-hydrogen) atoms. The van der Waals surface area contributed by atoms with Gasteiger partial charge in [0.05, 0.1) is 32.1 Å². The zero-order valence-electron chi connectivity index (χ0n) is 34.4. The molecule has 2 N–H and O–H groups in total. The van der Waals surface area contributed by atoms with Crippen LogP contribution >= 0.6 is 23.2 Å². The van der Waals surface area contributed by atoms with Crippen molar-refractivity contribution in [3.05, 3.63) is 176 Å². The van der Waals surface area contributed by atoms with E-state index in [1.165, 1.54) is 48.2 Å². The number of carboxylic acid groups (broad SMARTS) is 1. The zero-order chi connectivity index (χ0) is 45.3. The van der Waals surface area contributed by atoms with Crippen molar-refractivity contribution in [1.29, 1.82) is 5.26 Å². The van der Waals surface area contributed by atoms with E-state index in [2.05, 4.69) is 11.4 Å². The third-order valence-electron chi connectivity index (χ3n) is 11.4. The molecule has 2 aliphatic heterocycles. The number of nitriles is 1. The Kier molecular flexibility index (Phi) is 12.1. The summed E-state index contributed by atoms with van der Waals surface area (Å²) in [6, 6.07) is 36.4. The van der Waals surface area contributed by atoms with Crippen molar-refractivity contribution in [2.45, 2.75) is 49.1 Å². The predicted octanol–water partition coefficient (Wildman–Crippen LogP) is 8.71. The lowest BCUT2D eigenvalue weighted by Gasteiger charge is -2.39. The first-order valence-electron chi connectivity index (χ1n) is 20.0. The molecule has 15 heteroatoms. The number of fused-ring (bicyclic) bond motifs is 2. The first-order valence-corrected chi connectivity index (χ1v) is 22.6. The maximum absolute atomic E-state index is 14.6. The van der Waals surface area contributed by atoms with Gasteiger partial charge in [0.25, 0.3) is 5.91 Å². The molecule has 0 saturated carbocycles. The summed E-state index contributed by atoms with van der Waals surface area (Å²) in [5, 5.41) is 24.3. The van der Waals surface area contributed by atoms with Gasteiger partial charge in [0, 0.05) is 19.2 Å². The Hall–Kier alpha value is -6.85. The Labute approximate surface area is 379 Å². The first-order chi connectivity index (χ1) is 30.6. The molecule has 2 amide bonds. The van der Waals surface area contributed by atoms with E-state index in [4.69, 9.17) is 37.4 Å². The highest BCUT2D eigenvalue weighted by Crippen LogP contribution is 2.42. The summed E-state index contributed by atoms with van der Waals surface area (Å²) in [6.07, 6.45) is 0.404. The monoisotopic (exact) mass is 915 g/mol. The molecule has 324 valence electrons. The summed E-state index contributed by atoms with van der Waals surface area (Å²) in [5.41, 5.74) is 2.36. The minimum Gasteiger partial charge on any atom is -0.489 e. The molecule has 12 nitrogen and oxygen atoms in total. The number of carboxylic acids is 1. The molecule has 2 aliphatic rings. The number of nitrogens with one attached hydrogen (secondary N) is 1. The van der Waals surface area contributed by atoms with Gasteiger partial charge >= 0.3 is 5.97 Å². The van der Waals surface area contributed by atoms with E-state index in [-0.39, 0.29) is 47.8 Å². The highest BCUT2D eigenvalue weighted by Gasteiger charge is 2.43. The molecule has 0 radical (unpaired) electrons. The van der Waals surface area contributed by atoms with Crippen molar-refractivity contribution in [2.75, 3.05) is 12.9 Å². The van der Waals surface area contributed by atoms with Gasteiger partial charge in [-0.2, -0.15) is 5.26 Å². The number of sulfone groups is 1.